The average Bonchev–Trinajstić information content (AvgIpc) is 0.918. The molecule has 0 aliphatic heterocycles. The van der Waals surface area contributed by atoms with Crippen molar-refractivity contribution in [3.8, 4) is 0 Å². The van der Waals surface area contributed by atoms with Gasteiger partial charge in [0.25, 0.3) is 0 Å². The van der Waals surface area contributed by atoms with Crippen molar-refractivity contribution in [1.82, 2.24) is 0 Å². The van der Waals surface area contributed by atoms with Gasteiger partial charge in [-0.15, -0.1) is 4.91 Å². The molecular weight excluding hydrogens is 142 g/mol. The fourth-order valence-corrected chi connectivity index (χ4v) is 0. The van der Waals surface area contributed by atoms with Crippen LogP contribution < -0.4 is 0 Å². The summed E-state index contributed by atoms with van der Waals surface area (Å²) in [5.41, 5.74) is 0. The van der Waals surface area contributed by atoms with E-state index in [1.165, 1.54) is 5.34 Å². The summed E-state index contributed by atoms with van der Waals surface area (Å²) in [5.74, 6) is 0. The Balaban J connectivity index is 0. The molecule has 0 heterocycles. The van der Waals surface area contributed by atoms with Crippen molar-refractivity contribution in [3.63, 3.8) is 0 Å². The Labute approximate surface area is 37.2 Å². The summed E-state index contributed by atoms with van der Waals surface area (Å²) in [6, 6.07) is 0. The minimum atomic E-state index is 0. The molecule has 0 aliphatic rings. The maximum Gasteiger partial charge on any atom is 0.152 e. The molecule has 0 spiro atoms. The van der Waals surface area contributed by atoms with Crippen LogP contribution in [0.3, 0.4) is 0 Å². The van der Waals surface area contributed by atoms with Crippen LogP contribution in [0.4, 0.5) is 0 Å². The summed E-state index contributed by atoms with van der Waals surface area (Å²) in [6.45, 7) is 0. The third-order valence-electron chi connectivity index (χ3n) is 0. The monoisotopic (exact) mass is 145 g/mol. The van der Waals surface area contributed by atoms with Gasteiger partial charge in [0.2, 0.25) is 0 Å². The first-order chi connectivity index (χ1) is 1.41. The average molecular weight is 143 g/mol. The Morgan fingerprint density at radius 2 is 1.75 bits per heavy atom. The summed E-state index contributed by atoms with van der Waals surface area (Å²) in [5, 5.41) is 7.89. The van der Waals surface area contributed by atoms with Crippen molar-refractivity contribution in [2.24, 2.45) is 5.34 Å². The van der Waals surface area contributed by atoms with Gasteiger partial charge in [-0.05, 0) is 0 Å². The normalized spacial score (nSPS) is 3.00. The van der Waals surface area contributed by atoms with Crippen molar-refractivity contribution in [2.45, 2.75) is 0 Å². The molecule has 1 N–H and O–H groups in total. The maximum atomic E-state index is 8.11. The van der Waals surface area contributed by atoms with E-state index in [9.17, 15) is 0 Å². The van der Waals surface area contributed by atoms with Gasteiger partial charge < -0.3 is 5.21 Å². The van der Waals surface area contributed by atoms with Crippen LogP contribution in [0.1, 0.15) is 0 Å². The molecule has 3 nitrogen and oxygen atoms in total. The molecule has 0 atom stereocenters. The van der Waals surface area contributed by atoms with Crippen molar-refractivity contribution >= 4 is 0 Å². The number of rotatable bonds is 0. The second-order valence-electron chi connectivity index (χ2n) is 0.0816. The van der Waals surface area contributed by atoms with E-state index < -0.39 is 0 Å². The van der Waals surface area contributed by atoms with Crippen LogP contribution in [-0.2, 0) is 21.1 Å². The van der Waals surface area contributed by atoms with Crippen LogP contribution in [0.25, 0.3) is 0 Å². The first-order valence-electron chi connectivity index (χ1n) is 0.383. The molecule has 0 aromatic rings. The fraction of sp³-hybridized carbons (Fsp3) is 0. The van der Waals surface area contributed by atoms with Gasteiger partial charge in [0.05, 0.1) is 0 Å². The molecule has 0 aromatic heterocycles. The molecule has 0 aromatic carbocycles. The molecule has 0 radical (unpaired) electrons. The van der Waals surface area contributed by atoms with Crippen LogP contribution in [0, 0.1) is 4.91 Å². The molecule has 0 unspecified atom stereocenters. The Kier molecular flexibility index (Phi) is 25.4. The van der Waals surface area contributed by atoms with Crippen molar-refractivity contribution in [1.29, 1.82) is 0 Å². The third kappa shape index (κ3) is 317. The molecule has 0 saturated carbocycles. The molecular formula is HMoNO2. The minimum Gasteiger partial charge on any atom is -0.379 e. The predicted octanol–water partition coefficient (Wildman–Crippen LogP) is 0.140. The van der Waals surface area contributed by atoms with E-state index in [0.29, 0.717) is 0 Å². The summed E-state index contributed by atoms with van der Waals surface area (Å²) >= 11 is 0. The molecule has 24 valence electrons. The summed E-state index contributed by atoms with van der Waals surface area (Å²) in [7, 11) is 0. The molecule has 4 heteroatoms. The van der Waals surface area contributed by atoms with E-state index >= 15 is 0 Å². The van der Waals surface area contributed by atoms with E-state index in [2.05, 4.69) is 0 Å². The fourth-order valence-electron chi connectivity index (χ4n) is 0. The molecule has 0 rings (SSSR count). The van der Waals surface area contributed by atoms with Gasteiger partial charge in [0.1, 0.15) is 0 Å². The maximum absolute atomic E-state index is 8.11. The van der Waals surface area contributed by atoms with Crippen molar-refractivity contribution in [2.75, 3.05) is 0 Å². The molecule has 0 bridgehead atoms. The van der Waals surface area contributed by atoms with E-state index in [-0.39, 0.29) is 21.1 Å². The second kappa shape index (κ2) is 11.4. The van der Waals surface area contributed by atoms with E-state index in [1.807, 2.05) is 0 Å². The largest absolute Gasteiger partial charge is 0.379 e. The summed E-state index contributed by atoms with van der Waals surface area (Å²) in [6.07, 6.45) is 0. The zero-order valence-corrected chi connectivity index (χ0v) is 3.72. The first-order valence-corrected chi connectivity index (χ1v) is 0.383. The summed E-state index contributed by atoms with van der Waals surface area (Å²) in [4.78, 5) is 8.11. The second-order valence-corrected chi connectivity index (χ2v) is 0.0816. The van der Waals surface area contributed by atoms with E-state index in [4.69, 9.17) is 10.1 Å². The van der Waals surface area contributed by atoms with Crippen LogP contribution in [0.2, 0.25) is 0 Å². The Morgan fingerprint density at radius 1 is 1.75 bits per heavy atom. The Morgan fingerprint density at radius 3 is 1.75 bits per heavy atom. The molecule has 4 heavy (non-hydrogen) atoms. The first kappa shape index (κ1) is 8.94. The number of hydrogen-bond donors (Lipinski definition) is 1. The van der Waals surface area contributed by atoms with Gasteiger partial charge in [-0.3, -0.25) is 0 Å². The van der Waals surface area contributed by atoms with Gasteiger partial charge >= 0.3 is 0 Å². The van der Waals surface area contributed by atoms with Crippen LogP contribution in [0.5, 0.6) is 0 Å². The van der Waals surface area contributed by atoms with Gasteiger partial charge in [0, 0.05) is 21.1 Å². The smallest absolute Gasteiger partial charge is 0.152 e. The summed E-state index contributed by atoms with van der Waals surface area (Å²) < 4.78 is 0. The SMILES string of the molecule is O=NO.[Mo]. The van der Waals surface area contributed by atoms with E-state index in [1.54, 1.807) is 0 Å². The Bertz CT molecular complexity index is 13.5. The van der Waals surface area contributed by atoms with Crippen molar-refractivity contribution < 1.29 is 26.3 Å². The number of nitrogens with zero attached hydrogens (tertiary/aromatic N) is 1. The standard InChI is InChI=1S/Mo.HNO2/c;2-1-3/h;(H,2,3). The number of hydrogen-bond acceptors (Lipinski definition) is 2. The molecule has 0 aliphatic carbocycles. The van der Waals surface area contributed by atoms with Crippen LogP contribution in [-0.4, -0.2) is 5.21 Å². The van der Waals surface area contributed by atoms with Crippen LogP contribution in [0.15, 0.2) is 5.34 Å². The zero-order chi connectivity index (χ0) is 2.71. The zero-order valence-electron chi connectivity index (χ0n) is 1.71. The van der Waals surface area contributed by atoms with Gasteiger partial charge in [-0.25, -0.2) is 0 Å². The minimum absolute atomic E-state index is 0. The predicted molar refractivity (Wildman–Crippen MR) is 7.58 cm³/mol. The van der Waals surface area contributed by atoms with Gasteiger partial charge in [-0.2, -0.15) is 0 Å². The molecule has 0 fully saturated rings. The molecule has 0 saturated heterocycles. The van der Waals surface area contributed by atoms with E-state index in [0.717, 1.165) is 0 Å². The van der Waals surface area contributed by atoms with Crippen molar-refractivity contribution in [3.05, 3.63) is 4.91 Å². The van der Waals surface area contributed by atoms with Gasteiger partial charge in [0.15, 0.2) is 5.34 Å². The topological polar surface area (TPSA) is 49.7 Å². The van der Waals surface area contributed by atoms with Crippen LogP contribution >= 0.6 is 0 Å². The molecule has 0 amide bonds. The van der Waals surface area contributed by atoms with Gasteiger partial charge in [-0.1, -0.05) is 0 Å². The third-order valence-corrected chi connectivity index (χ3v) is 0. The quantitative estimate of drug-likeness (QED) is 0.298. The Hall–Kier alpha value is 0.0883.